The summed E-state index contributed by atoms with van der Waals surface area (Å²) in [6.45, 7) is 3.07. The van der Waals surface area contributed by atoms with Crippen molar-refractivity contribution in [2.75, 3.05) is 7.11 Å². The van der Waals surface area contributed by atoms with Crippen molar-refractivity contribution < 1.29 is 4.74 Å². The van der Waals surface area contributed by atoms with E-state index >= 15 is 0 Å². The number of rotatable bonds is 5. The zero-order valence-corrected chi connectivity index (χ0v) is 11.0. The Bertz CT molecular complexity index is 453. The van der Waals surface area contributed by atoms with E-state index < -0.39 is 0 Å². The first-order chi connectivity index (χ1) is 8.29. The van der Waals surface area contributed by atoms with Crippen LogP contribution in [0.2, 0.25) is 0 Å². The van der Waals surface area contributed by atoms with Crippen molar-refractivity contribution in [1.82, 2.24) is 5.32 Å². The summed E-state index contributed by atoms with van der Waals surface area (Å²) >= 11 is 1.73. The molecule has 1 aromatic heterocycles. The van der Waals surface area contributed by atoms with Gasteiger partial charge in [0, 0.05) is 12.6 Å². The Kier molecular flexibility index (Phi) is 4.18. The molecule has 0 bridgehead atoms. The maximum absolute atomic E-state index is 5.23. The first-order valence-corrected chi connectivity index (χ1v) is 6.62. The van der Waals surface area contributed by atoms with Crippen molar-refractivity contribution >= 4 is 11.3 Å². The molecule has 2 nitrogen and oxygen atoms in total. The molecule has 1 atom stereocenters. The molecule has 2 aromatic rings. The van der Waals surface area contributed by atoms with E-state index in [-0.39, 0.29) is 0 Å². The van der Waals surface area contributed by atoms with Gasteiger partial charge in [-0.3, -0.25) is 0 Å². The predicted octanol–water partition coefficient (Wildman–Crippen LogP) is 3.61. The topological polar surface area (TPSA) is 21.3 Å². The van der Waals surface area contributed by atoms with Crippen LogP contribution in [-0.4, -0.2) is 7.11 Å². The van der Waals surface area contributed by atoms with Gasteiger partial charge in [0.25, 0.3) is 0 Å². The number of hydrogen-bond donors (Lipinski definition) is 1. The molecular formula is C14H17NOS. The average Bonchev–Trinajstić information content (AvgIpc) is 2.89. The van der Waals surface area contributed by atoms with Crippen molar-refractivity contribution in [2.45, 2.75) is 19.5 Å². The van der Waals surface area contributed by atoms with Crippen molar-refractivity contribution in [3.05, 3.63) is 52.2 Å². The lowest BCUT2D eigenvalue weighted by molar-refractivity contribution is 0.413. The molecule has 3 heteroatoms. The quantitative estimate of drug-likeness (QED) is 0.871. The minimum atomic E-state index is 0.324. The van der Waals surface area contributed by atoms with Crippen LogP contribution >= 0.6 is 11.3 Å². The van der Waals surface area contributed by atoms with E-state index in [4.69, 9.17) is 4.74 Å². The molecule has 0 aliphatic heterocycles. The fourth-order valence-corrected chi connectivity index (χ4v) is 2.36. The van der Waals surface area contributed by atoms with Crippen LogP contribution in [0.15, 0.2) is 41.1 Å². The minimum Gasteiger partial charge on any atom is -0.497 e. The third kappa shape index (κ3) is 3.32. The van der Waals surface area contributed by atoms with Gasteiger partial charge in [-0.25, -0.2) is 0 Å². The summed E-state index contributed by atoms with van der Waals surface area (Å²) in [7, 11) is 1.70. The van der Waals surface area contributed by atoms with Gasteiger partial charge in [0.05, 0.1) is 7.11 Å². The van der Waals surface area contributed by atoms with E-state index in [2.05, 4.69) is 41.2 Å². The first-order valence-electron chi connectivity index (χ1n) is 5.68. The summed E-state index contributed by atoms with van der Waals surface area (Å²) in [5.74, 6) is 0.909. The molecule has 0 aliphatic carbocycles. The predicted molar refractivity (Wildman–Crippen MR) is 72.6 cm³/mol. The average molecular weight is 247 g/mol. The van der Waals surface area contributed by atoms with E-state index in [0.717, 1.165) is 12.3 Å². The van der Waals surface area contributed by atoms with Crippen LogP contribution < -0.4 is 10.1 Å². The molecule has 90 valence electrons. The number of hydrogen-bond acceptors (Lipinski definition) is 3. The summed E-state index contributed by atoms with van der Waals surface area (Å²) < 4.78 is 5.23. The number of methoxy groups -OCH3 is 1. The smallest absolute Gasteiger partial charge is 0.119 e. The fourth-order valence-electron chi connectivity index (χ4n) is 1.69. The Hall–Kier alpha value is -1.32. The standard InChI is InChI=1S/C14H17NOS/c1-11(15-9-12-6-7-17-10-12)13-4-3-5-14(8-13)16-2/h3-8,10-11,15H,9H2,1-2H3. The Morgan fingerprint density at radius 1 is 1.35 bits per heavy atom. The summed E-state index contributed by atoms with van der Waals surface area (Å²) in [6, 6.07) is 10.7. The van der Waals surface area contributed by atoms with Gasteiger partial charge < -0.3 is 10.1 Å². The molecule has 0 saturated carbocycles. The molecular weight excluding hydrogens is 230 g/mol. The van der Waals surface area contributed by atoms with E-state index in [1.165, 1.54) is 11.1 Å². The highest BCUT2D eigenvalue weighted by atomic mass is 32.1. The molecule has 17 heavy (non-hydrogen) atoms. The lowest BCUT2D eigenvalue weighted by Gasteiger charge is -2.14. The second-order valence-electron chi connectivity index (χ2n) is 4.01. The summed E-state index contributed by atoms with van der Waals surface area (Å²) in [5.41, 5.74) is 2.59. The van der Waals surface area contributed by atoms with Gasteiger partial charge in [0.15, 0.2) is 0 Å². The van der Waals surface area contributed by atoms with Crippen molar-refractivity contribution in [2.24, 2.45) is 0 Å². The van der Waals surface area contributed by atoms with Gasteiger partial charge in [-0.1, -0.05) is 12.1 Å². The summed E-state index contributed by atoms with van der Waals surface area (Å²) in [5, 5.41) is 7.78. The van der Waals surface area contributed by atoms with Crippen LogP contribution in [0.3, 0.4) is 0 Å². The van der Waals surface area contributed by atoms with Crippen molar-refractivity contribution in [3.63, 3.8) is 0 Å². The second-order valence-corrected chi connectivity index (χ2v) is 4.79. The number of thiophene rings is 1. The van der Waals surface area contributed by atoms with E-state index in [1.807, 2.05) is 12.1 Å². The van der Waals surface area contributed by atoms with Crippen LogP contribution in [0, 0.1) is 0 Å². The SMILES string of the molecule is COc1cccc(C(C)NCc2ccsc2)c1. The van der Waals surface area contributed by atoms with Gasteiger partial charge in [0.1, 0.15) is 5.75 Å². The molecule has 1 unspecified atom stereocenters. The zero-order valence-electron chi connectivity index (χ0n) is 10.1. The van der Waals surface area contributed by atoms with Crippen LogP contribution in [0.1, 0.15) is 24.1 Å². The lowest BCUT2D eigenvalue weighted by Crippen LogP contribution is -2.17. The molecule has 1 heterocycles. The Balaban J connectivity index is 1.96. The third-order valence-electron chi connectivity index (χ3n) is 2.79. The molecule has 0 saturated heterocycles. The van der Waals surface area contributed by atoms with Crippen LogP contribution in [0.4, 0.5) is 0 Å². The van der Waals surface area contributed by atoms with E-state index in [0.29, 0.717) is 6.04 Å². The number of nitrogens with one attached hydrogen (secondary N) is 1. The zero-order chi connectivity index (χ0) is 12.1. The van der Waals surface area contributed by atoms with Crippen LogP contribution in [-0.2, 0) is 6.54 Å². The molecule has 1 N–H and O–H groups in total. The molecule has 0 fully saturated rings. The number of ether oxygens (including phenoxy) is 1. The second kappa shape index (κ2) is 5.84. The Labute approximate surface area is 106 Å². The molecule has 0 radical (unpaired) electrons. The highest BCUT2D eigenvalue weighted by Gasteiger charge is 2.05. The Morgan fingerprint density at radius 2 is 2.24 bits per heavy atom. The van der Waals surface area contributed by atoms with Crippen molar-refractivity contribution in [1.29, 1.82) is 0 Å². The van der Waals surface area contributed by atoms with Gasteiger partial charge in [0.2, 0.25) is 0 Å². The van der Waals surface area contributed by atoms with Crippen molar-refractivity contribution in [3.8, 4) is 5.75 Å². The minimum absolute atomic E-state index is 0.324. The van der Waals surface area contributed by atoms with Crippen LogP contribution in [0.5, 0.6) is 5.75 Å². The Morgan fingerprint density at radius 3 is 2.94 bits per heavy atom. The summed E-state index contributed by atoms with van der Waals surface area (Å²) in [6.07, 6.45) is 0. The lowest BCUT2D eigenvalue weighted by atomic mass is 10.1. The molecule has 2 rings (SSSR count). The summed E-state index contributed by atoms with van der Waals surface area (Å²) in [4.78, 5) is 0. The monoisotopic (exact) mass is 247 g/mol. The maximum atomic E-state index is 5.23. The number of benzene rings is 1. The van der Waals surface area contributed by atoms with E-state index in [9.17, 15) is 0 Å². The first kappa shape index (κ1) is 12.1. The largest absolute Gasteiger partial charge is 0.497 e. The molecule has 1 aromatic carbocycles. The maximum Gasteiger partial charge on any atom is 0.119 e. The molecule has 0 aliphatic rings. The molecule has 0 amide bonds. The van der Waals surface area contributed by atoms with Crippen LogP contribution in [0.25, 0.3) is 0 Å². The highest BCUT2D eigenvalue weighted by molar-refractivity contribution is 7.07. The highest BCUT2D eigenvalue weighted by Crippen LogP contribution is 2.19. The third-order valence-corrected chi connectivity index (χ3v) is 3.52. The van der Waals surface area contributed by atoms with Gasteiger partial charge in [-0.2, -0.15) is 11.3 Å². The van der Waals surface area contributed by atoms with Gasteiger partial charge in [-0.05, 0) is 47.0 Å². The normalized spacial score (nSPS) is 12.4. The van der Waals surface area contributed by atoms with Gasteiger partial charge >= 0.3 is 0 Å². The fraction of sp³-hybridized carbons (Fsp3) is 0.286. The van der Waals surface area contributed by atoms with E-state index in [1.54, 1.807) is 18.4 Å². The van der Waals surface area contributed by atoms with Gasteiger partial charge in [-0.15, -0.1) is 0 Å². The molecule has 0 spiro atoms.